The molecule has 0 spiro atoms. The van der Waals surface area contributed by atoms with E-state index in [0.29, 0.717) is 11.5 Å². The maximum absolute atomic E-state index is 11.8. The van der Waals surface area contributed by atoms with Crippen LogP contribution in [0, 0.1) is 6.92 Å². The van der Waals surface area contributed by atoms with Crippen LogP contribution < -0.4 is 0 Å². The van der Waals surface area contributed by atoms with E-state index in [0.717, 1.165) is 23.2 Å². The second-order valence-corrected chi connectivity index (χ2v) is 5.88. The number of nitrogens with zero attached hydrogens (tertiary/aromatic N) is 1. The lowest BCUT2D eigenvalue weighted by Crippen LogP contribution is -2.13. The largest absolute Gasteiger partial charge is 0.465 e. The monoisotopic (exact) mass is 301 g/mol. The van der Waals surface area contributed by atoms with Gasteiger partial charge in [-0.05, 0) is 42.5 Å². The van der Waals surface area contributed by atoms with E-state index in [-0.39, 0.29) is 5.15 Å². The molecule has 3 rings (SSSR count). The van der Waals surface area contributed by atoms with Crippen LogP contribution >= 0.6 is 11.6 Å². The van der Waals surface area contributed by atoms with Crippen molar-refractivity contribution in [1.29, 1.82) is 0 Å². The molecule has 0 aliphatic heterocycles. The quantitative estimate of drug-likeness (QED) is 0.586. The van der Waals surface area contributed by atoms with Gasteiger partial charge in [0.2, 0.25) is 0 Å². The van der Waals surface area contributed by atoms with E-state index in [2.05, 4.69) is 37.0 Å². The molecule has 4 heteroatoms. The van der Waals surface area contributed by atoms with E-state index in [1.54, 1.807) is 0 Å². The Morgan fingerprint density at radius 1 is 1.38 bits per heavy atom. The predicted molar refractivity (Wildman–Crippen MR) is 82.9 cm³/mol. The number of carbonyl (C=O) groups is 1. The zero-order valence-electron chi connectivity index (χ0n) is 12.2. The van der Waals surface area contributed by atoms with Crippen molar-refractivity contribution in [3.05, 3.63) is 51.7 Å². The van der Waals surface area contributed by atoms with Crippen LogP contribution in [0.5, 0.6) is 0 Å². The lowest BCUT2D eigenvalue weighted by molar-refractivity contribution is 0.0600. The molecule has 2 aromatic rings. The Bertz CT molecular complexity index is 740. The number of ether oxygens (including phenoxy) is 1. The van der Waals surface area contributed by atoms with Gasteiger partial charge in [0, 0.05) is 5.56 Å². The zero-order chi connectivity index (χ0) is 15.1. The number of hydrogen-bond donors (Lipinski definition) is 0. The summed E-state index contributed by atoms with van der Waals surface area (Å²) in [5.41, 5.74) is 5.84. The first-order valence-electron chi connectivity index (χ1n) is 6.90. The minimum Gasteiger partial charge on any atom is -0.465 e. The topological polar surface area (TPSA) is 39.2 Å². The van der Waals surface area contributed by atoms with Gasteiger partial charge in [-0.1, -0.05) is 36.2 Å². The number of esters is 1. The highest BCUT2D eigenvalue weighted by Crippen LogP contribution is 2.40. The summed E-state index contributed by atoms with van der Waals surface area (Å²) in [6, 6.07) is 8.21. The Balaban J connectivity index is 2.24. The Kier molecular flexibility index (Phi) is 3.46. The third-order valence-corrected chi connectivity index (χ3v) is 4.28. The predicted octanol–water partition coefficient (Wildman–Crippen LogP) is 4.16. The van der Waals surface area contributed by atoms with Gasteiger partial charge in [0.25, 0.3) is 0 Å². The number of aryl methyl sites for hydroxylation is 1. The number of halogens is 1. The van der Waals surface area contributed by atoms with Gasteiger partial charge in [0.1, 0.15) is 5.15 Å². The van der Waals surface area contributed by atoms with Crippen molar-refractivity contribution < 1.29 is 9.53 Å². The van der Waals surface area contributed by atoms with Gasteiger partial charge in [-0.25, -0.2) is 9.78 Å². The van der Waals surface area contributed by atoms with Gasteiger partial charge in [0.05, 0.1) is 18.4 Å². The molecule has 0 fully saturated rings. The minimum absolute atomic E-state index is 0.196. The Labute approximate surface area is 128 Å². The molecule has 1 unspecified atom stereocenters. The highest BCUT2D eigenvalue weighted by molar-refractivity contribution is 6.32. The third kappa shape index (κ3) is 2.32. The average Bonchev–Trinajstić information content (AvgIpc) is 2.47. The Morgan fingerprint density at radius 2 is 2.14 bits per heavy atom. The van der Waals surface area contributed by atoms with Crippen LogP contribution in [0.3, 0.4) is 0 Å². The fourth-order valence-corrected chi connectivity index (χ4v) is 3.10. The van der Waals surface area contributed by atoms with Gasteiger partial charge in [0.15, 0.2) is 0 Å². The van der Waals surface area contributed by atoms with Gasteiger partial charge < -0.3 is 4.74 Å². The van der Waals surface area contributed by atoms with Crippen LogP contribution in [0.2, 0.25) is 5.15 Å². The summed E-state index contributed by atoms with van der Waals surface area (Å²) in [6.45, 7) is 4.20. The number of pyridine rings is 1. The Hall–Kier alpha value is -1.87. The molecule has 3 nitrogen and oxygen atoms in total. The van der Waals surface area contributed by atoms with Gasteiger partial charge >= 0.3 is 5.97 Å². The number of hydrogen-bond acceptors (Lipinski definition) is 3. The molecule has 21 heavy (non-hydrogen) atoms. The highest BCUT2D eigenvalue weighted by atomic mass is 35.5. The lowest BCUT2D eigenvalue weighted by Gasteiger charge is -2.25. The van der Waals surface area contributed by atoms with Crippen molar-refractivity contribution in [3.63, 3.8) is 0 Å². The molecule has 0 radical (unpaired) electrons. The van der Waals surface area contributed by atoms with Crippen molar-refractivity contribution in [2.75, 3.05) is 7.11 Å². The first kappa shape index (κ1) is 14.1. The molecule has 1 atom stereocenters. The third-order valence-electron chi connectivity index (χ3n) is 3.99. The summed E-state index contributed by atoms with van der Waals surface area (Å²) in [6.07, 6.45) is 0.937. The van der Waals surface area contributed by atoms with Crippen LogP contribution in [0.15, 0.2) is 24.3 Å². The summed E-state index contributed by atoms with van der Waals surface area (Å²) >= 11 is 6.18. The normalized spacial score (nSPS) is 16.1. The number of methoxy groups -OCH3 is 1. The lowest BCUT2D eigenvalue weighted by atomic mass is 9.81. The van der Waals surface area contributed by atoms with E-state index in [1.807, 2.05) is 6.07 Å². The van der Waals surface area contributed by atoms with E-state index in [9.17, 15) is 4.79 Å². The standard InChI is InChI=1S/C17H16ClNO2/c1-9-4-5-11-7-10(2)12-8-14(17(20)21-3)16(18)19-15(12)13(11)6-9/h4-6,8,10H,7H2,1-3H3. The molecule has 0 amide bonds. The first-order chi connectivity index (χ1) is 10.0. The molecule has 1 heterocycles. The molecule has 1 aliphatic rings. The van der Waals surface area contributed by atoms with Crippen LogP contribution in [-0.4, -0.2) is 18.1 Å². The van der Waals surface area contributed by atoms with Crippen LogP contribution in [0.1, 0.15) is 39.9 Å². The average molecular weight is 302 g/mol. The Morgan fingerprint density at radius 3 is 2.86 bits per heavy atom. The second-order valence-electron chi connectivity index (χ2n) is 5.52. The molecule has 1 aromatic carbocycles. The summed E-state index contributed by atoms with van der Waals surface area (Å²) in [7, 11) is 1.35. The molecule has 1 aliphatic carbocycles. The number of carbonyl (C=O) groups excluding carboxylic acids is 1. The summed E-state index contributed by atoms with van der Waals surface area (Å²) < 4.78 is 4.77. The SMILES string of the molecule is COC(=O)c1cc2c(nc1Cl)-c1cc(C)ccc1CC2C. The van der Waals surface area contributed by atoms with Crippen LogP contribution in [0.4, 0.5) is 0 Å². The maximum Gasteiger partial charge on any atom is 0.341 e. The summed E-state index contributed by atoms with van der Waals surface area (Å²) in [5.74, 6) is -0.152. The smallest absolute Gasteiger partial charge is 0.341 e. The second kappa shape index (κ2) is 5.15. The highest BCUT2D eigenvalue weighted by Gasteiger charge is 2.26. The molecule has 0 bridgehead atoms. The van der Waals surface area contributed by atoms with E-state index < -0.39 is 5.97 Å². The summed E-state index contributed by atoms with van der Waals surface area (Å²) in [4.78, 5) is 16.3. The number of rotatable bonds is 1. The van der Waals surface area contributed by atoms with E-state index >= 15 is 0 Å². The number of aromatic nitrogens is 1. The number of benzene rings is 1. The van der Waals surface area contributed by atoms with E-state index in [1.165, 1.54) is 18.2 Å². The van der Waals surface area contributed by atoms with Crippen LogP contribution in [-0.2, 0) is 11.2 Å². The maximum atomic E-state index is 11.8. The molecule has 1 aromatic heterocycles. The van der Waals surface area contributed by atoms with Crippen molar-refractivity contribution in [1.82, 2.24) is 4.98 Å². The summed E-state index contributed by atoms with van der Waals surface area (Å²) in [5, 5.41) is 0.196. The van der Waals surface area contributed by atoms with Crippen molar-refractivity contribution in [2.24, 2.45) is 0 Å². The van der Waals surface area contributed by atoms with Crippen molar-refractivity contribution in [2.45, 2.75) is 26.2 Å². The molecule has 108 valence electrons. The van der Waals surface area contributed by atoms with Gasteiger partial charge in [-0.15, -0.1) is 0 Å². The fraction of sp³-hybridized carbons (Fsp3) is 0.294. The van der Waals surface area contributed by atoms with Crippen molar-refractivity contribution in [3.8, 4) is 11.3 Å². The molecular weight excluding hydrogens is 286 g/mol. The molecule has 0 saturated heterocycles. The van der Waals surface area contributed by atoms with Crippen molar-refractivity contribution >= 4 is 17.6 Å². The number of fused-ring (bicyclic) bond motifs is 3. The molecular formula is C17H16ClNO2. The minimum atomic E-state index is -0.447. The van der Waals surface area contributed by atoms with Gasteiger partial charge in [-0.2, -0.15) is 0 Å². The van der Waals surface area contributed by atoms with Crippen LogP contribution in [0.25, 0.3) is 11.3 Å². The van der Waals surface area contributed by atoms with Gasteiger partial charge in [-0.3, -0.25) is 0 Å². The zero-order valence-corrected chi connectivity index (χ0v) is 13.0. The molecule has 0 saturated carbocycles. The first-order valence-corrected chi connectivity index (χ1v) is 7.27. The fourth-order valence-electron chi connectivity index (χ4n) is 2.88. The van der Waals surface area contributed by atoms with E-state index in [4.69, 9.17) is 16.3 Å². The molecule has 0 N–H and O–H groups in total.